The third kappa shape index (κ3) is 6.57. The number of guanidine groups is 1. The molecule has 1 aromatic carbocycles. The zero-order valence-corrected chi connectivity index (χ0v) is 16.6. The molecule has 0 amide bonds. The maximum Gasteiger partial charge on any atom is 0.192 e. The first-order chi connectivity index (χ1) is 11.2. The van der Waals surface area contributed by atoms with Crippen molar-refractivity contribution in [3.63, 3.8) is 0 Å². The molecule has 1 heterocycles. The maximum atomic E-state index is 6.04. The lowest BCUT2D eigenvalue weighted by Crippen LogP contribution is -2.37. The highest BCUT2D eigenvalue weighted by Gasteiger charge is 2.17. The molecule has 6 heteroatoms. The van der Waals surface area contributed by atoms with Gasteiger partial charge >= 0.3 is 0 Å². The van der Waals surface area contributed by atoms with Gasteiger partial charge in [-0.3, -0.25) is 4.99 Å². The number of aryl methyl sites for hydroxylation is 1. The van der Waals surface area contributed by atoms with Crippen molar-refractivity contribution in [1.29, 1.82) is 0 Å². The Balaban J connectivity index is 0.00000288. The summed E-state index contributed by atoms with van der Waals surface area (Å²) in [6, 6.07) is 6.24. The number of aliphatic imine (C=N–C) groups is 1. The number of rotatable bonds is 6. The minimum Gasteiger partial charge on any atom is -0.493 e. The van der Waals surface area contributed by atoms with E-state index in [1.807, 2.05) is 0 Å². The zero-order valence-electron chi connectivity index (χ0n) is 14.3. The summed E-state index contributed by atoms with van der Waals surface area (Å²) in [6.45, 7) is 5.46. The molecule has 5 nitrogen and oxygen atoms in total. The van der Waals surface area contributed by atoms with Crippen LogP contribution in [0.1, 0.15) is 17.5 Å². The Bertz CT molecular complexity index is 578. The Labute approximate surface area is 161 Å². The van der Waals surface area contributed by atoms with Crippen LogP contribution in [0.15, 0.2) is 23.2 Å². The van der Waals surface area contributed by atoms with Crippen molar-refractivity contribution in [3.05, 3.63) is 29.3 Å². The predicted octanol–water partition coefficient (Wildman–Crippen LogP) is 2.33. The number of terminal acetylenes is 1. The van der Waals surface area contributed by atoms with Gasteiger partial charge in [-0.1, -0.05) is 18.1 Å². The Morgan fingerprint density at radius 2 is 2.29 bits per heavy atom. The molecule has 1 aliphatic heterocycles. The minimum atomic E-state index is 0. The second-order valence-electron chi connectivity index (χ2n) is 5.64. The van der Waals surface area contributed by atoms with E-state index in [0.29, 0.717) is 31.6 Å². The molecule has 1 atom stereocenters. The molecule has 132 valence electrons. The van der Waals surface area contributed by atoms with Crippen molar-refractivity contribution < 1.29 is 9.47 Å². The monoisotopic (exact) mass is 443 g/mol. The van der Waals surface area contributed by atoms with Crippen molar-refractivity contribution in [2.45, 2.75) is 19.9 Å². The molecule has 1 unspecified atom stereocenters. The van der Waals surface area contributed by atoms with Gasteiger partial charge in [0.05, 0.1) is 19.8 Å². The molecule has 0 aromatic heterocycles. The SMILES string of the molecule is C#CCNC(=NC)NCc1ccc(C)cc1OCC1CCOC1.I. The Hall–Kier alpha value is -1.46. The van der Waals surface area contributed by atoms with Crippen LogP contribution in [0.5, 0.6) is 5.75 Å². The number of hydrogen-bond acceptors (Lipinski definition) is 3. The number of benzene rings is 1. The smallest absolute Gasteiger partial charge is 0.192 e. The molecular formula is C18H26IN3O2. The first-order valence-corrected chi connectivity index (χ1v) is 7.91. The topological polar surface area (TPSA) is 54.9 Å². The van der Waals surface area contributed by atoms with Gasteiger partial charge in [-0.25, -0.2) is 0 Å². The van der Waals surface area contributed by atoms with Gasteiger partial charge in [0.25, 0.3) is 0 Å². The molecule has 1 saturated heterocycles. The standard InChI is InChI=1S/C18H25N3O2.HI/c1-4-8-20-18(19-3)21-11-16-6-5-14(2)10-17(16)23-13-15-7-9-22-12-15;/h1,5-6,10,15H,7-9,11-13H2,2-3H3,(H2,19,20,21);1H. The number of hydrogen-bond donors (Lipinski definition) is 2. The molecule has 1 aromatic rings. The van der Waals surface area contributed by atoms with E-state index in [1.54, 1.807) is 7.05 Å². The van der Waals surface area contributed by atoms with Gasteiger partial charge in [-0.15, -0.1) is 30.4 Å². The molecule has 2 N–H and O–H groups in total. The second kappa shape index (κ2) is 11.2. The van der Waals surface area contributed by atoms with E-state index in [-0.39, 0.29) is 24.0 Å². The summed E-state index contributed by atoms with van der Waals surface area (Å²) in [6.07, 6.45) is 6.32. The third-order valence-corrected chi connectivity index (χ3v) is 3.75. The van der Waals surface area contributed by atoms with Gasteiger partial charge in [0.15, 0.2) is 5.96 Å². The fraction of sp³-hybridized carbons (Fsp3) is 0.500. The molecule has 2 rings (SSSR count). The van der Waals surface area contributed by atoms with Gasteiger partial charge < -0.3 is 20.1 Å². The third-order valence-electron chi connectivity index (χ3n) is 3.75. The first kappa shape index (κ1) is 20.6. The Kier molecular flexibility index (Phi) is 9.57. The fourth-order valence-corrected chi connectivity index (χ4v) is 2.40. The van der Waals surface area contributed by atoms with E-state index in [2.05, 4.69) is 46.7 Å². The molecule has 0 bridgehead atoms. The quantitative estimate of drug-likeness (QED) is 0.307. The van der Waals surface area contributed by atoms with Gasteiger partial charge in [0.1, 0.15) is 5.75 Å². The predicted molar refractivity (Wildman–Crippen MR) is 108 cm³/mol. The highest BCUT2D eigenvalue weighted by Crippen LogP contribution is 2.22. The molecule has 0 saturated carbocycles. The van der Waals surface area contributed by atoms with E-state index in [0.717, 1.165) is 30.9 Å². The van der Waals surface area contributed by atoms with Gasteiger partial charge in [0.2, 0.25) is 0 Å². The molecule has 1 aliphatic rings. The van der Waals surface area contributed by atoms with Crippen LogP contribution in [-0.2, 0) is 11.3 Å². The van der Waals surface area contributed by atoms with Crippen LogP contribution < -0.4 is 15.4 Å². The highest BCUT2D eigenvalue weighted by atomic mass is 127. The summed E-state index contributed by atoms with van der Waals surface area (Å²) in [5.74, 6) is 4.61. The van der Waals surface area contributed by atoms with Gasteiger partial charge in [0, 0.05) is 31.7 Å². The average Bonchev–Trinajstić information content (AvgIpc) is 3.08. The summed E-state index contributed by atoms with van der Waals surface area (Å²) in [4.78, 5) is 4.14. The summed E-state index contributed by atoms with van der Waals surface area (Å²) in [5, 5.41) is 6.29. The molecule has 0 radical (unpaired) electrons. The van der Waals surface area contributed by atoms with Crippen molar-refractivity contribution in [1.82, 2.24) is 10.6 Å². The summed E-state index contributed by atoms with van der Waals surface area (Å²) >= 11 is 0. The van der Waals surface area contributed by atoms with Crippen LogP contribution in [0.2, 0.25) is 0 Å². The molecule has 0 aliphatic carbocycles. The highest BCUT2D eigenvalue weighted by molar-refractivity contribution is 14.0. The van der Waals surface area contributed by atoms with Crippen LogP contribution >= 0.6 is 24.0 Å². The number of ether oxygens (including phenoxy) is 2. The van der Waals surface area contributed by atoms with Crippen LogP contribution in [-0.4, -0.2) is 39.4 Å². The van der Waals surface area contributed by atoms with Crippen molar-refractivity contribution in [3.8, 4) is 18.1 Å². The summed E-state index contributed by atoms with van der Waals surface area (Å²) < 4.78 is 11.4. The van der Waals surface area contributed by atoms with Crippen LogP contribution in [0, 0.1) is 25.2 Å². The van der Waals surface area contributed by atoms with Crippen LogP contribution in [0.25, 0.3) is 0 Å². The maximum absolute atomic E-state index is 6.04. The number of halogens is 1. The van der Waals surface area contributed by atoms with Crippen molar-refractivity contribution in [2.75, 3.05) is 33.4 Å². The van der Waals surface area contributed by atoms with Crippen LogP contribution in [0.4, 0.5) is 0 Å². The minimum absolute atomic E-state index is 0. The Morgan fingerprint density at radius 3 is 2.96 bits per heavy atom. The lowest BCUT2D eigenvalue weighted by atomic mass is 10.1. The molecular weight excluding hydrogens is 417 g/mol. The van der Waals surface area contributed by atoms with Crippen molar-refractivity contribution in [2.24, 2.45) is 10.9 Å². The molecule has 24 heavy (non-hydrogen) atoms. The average molecular weight is 443 g/mol. The lowest BCUT2D eigenvalue weighted by molar-refractivity contribution is 0.166. The second-order valence-corrected chi connectivity index (χ2v) is 5.64. The fourth-order valence-electron chi connectivity index (χ4n) is 2.40. The van der Waals surface area contributed by atoms with Gasteiger partial charge in [-0.2, -0.15) is 0 Å². The van der Waals surface area contributed by atoms with E-state index < -0.39 is 0 Å². The molecule has 1 fully saturated rings. The van der Waals surface area contributed by atoms with E-state index >= 15 is 0 Å². The van der Waals surface area contributed by atoms with E-state index in [9.17, 15) is 0 Å². The van der Waals surface area contributed by atoms with Crippen LogP contribution in [0.3, 0.4) is 0 Å². The van der Waals surface area contributed by atoms with E-state index in [1.165, 1.54) is 5.56 Å². The normalized spacial score (nSPS) is 16.9. The zero-order chi connectivity index (χ0) is 16.5. The number of nitrogens with one attached hydrogen (secondary N) is 2. The largest absolute Gasteiger partial charge is 0.493 e. The first-order valence-electron chi connectivity index (χ1n) is 7.91. The Morgan fingerprint density at radius 1 is 1.46 bits per heavy atom. The summed E-state index contributed by atoms with van der Waals surface area (Å²) in [7, 11) is 1.72. The van der Waals surface area contributed by atoms with Crippen molar-refractivity contribution >= 4 is 29.9 Å². The molecule has 0 spiro atoms. The van der Waals surface area contributed by atoms with Gasteiger partial charge in [-0.05, 0) is 25.0 Å². The summed E-state index contributed by atoms with van der Waals surface area (Å²) in [5.41, 5.74) is 2.28. The lowest BCUT2D eigenvalue weighted by Gasteiger charge is -2.16. The number of nitrogens with zero attached hydrogens (tertiary/aromatic N) is 1. The van der Waals surface area contributed by atoms with E-state index in [4.69, 9.17) is 15.9 Å².